The molecule has 2 aromatic carbocycles. The van der Waals surface area contributed by atoms with Crippen LogP contribution in [0.2, 0.25) is 5.02 Å². The van der Waals surface area contributed by atoms with Gasteiger partial charge in [0.15, 0.2) is 0 Å². The van der Waals surface area contributed by atoms with Gasteiger partial charge >= 0.3 is 12.1 Å². The molecule has 0 aromatic heterocycles. The van der Waals surface area contributed by atoms with E-state index in [0.29, 0.717) is 18.4 Å². The zero-order valence-electron chi connectivity index (χ0n) is 21.4. The molecule has 2 N–H and O–H groups in total. The van der Waals surface area contributed by atoms with E-state index in [0.717, 1.165) is 61.8 Å². The lowest BCUT2D eigenvalue weighted by atomic mass is 9.89. The Morgan fingerprint density at radius 3 is 2.28 bits per heavy atom. The van der Waals surface area contributed by atoms with E-state index in [9.17, 15) is 9.59 Å². The lowest BCUT2D eigenvalue weighted by Crippen LogP contribution is -2.40. The third kappa shape index (κ3) is 7.29. The highest BCUT2D eigenvalue weighted by Gasteiger charge is 2.26. The van der Waals surface area contributed by atoms with Crippen molar-refractivity contribution >= 4 is 35.1 Å². The number of piperidine rings is 1. The van der Waals surface area contributed by atoms with Crippen LogP contribution in [0.3, 0.4) is 0 Å². The van der Waals surface area contributed by atoms with Gasteiger partial charge in [-0.1, -0.05) is 23.7 Å². The Bertz CT molecular complexity index is 1030. The molecule has 2 heterocycles. The number of nitrogens with one attached hydrogen (secondary N) is 2. The van der Waals surface area contributed by atoms with Crippen molar-refractivity contribution in [2.45, 2.75) is 51.6 Å². The Kier molecular flexibility index (Phi) is 8.29. The van der Waals surface area contributed by atoms with Gasteiger partial charge in [-0.3, -0.25) is 0 Å². The Morgan fingerprint density at radius 1 is 0.972 bits per heavy atom. The summed E-state index contributed by atoms with van der Waals surface area (Å²) in [6.45, 7) is 9.49. The van der Waals surface area contributed by atoms with E-state index in [1.807, 2.05) is 62.1 Å². The van der Waals surface area contributed by atoms with Crippen molar-refractivity contribution < 1.29 is 14.3 Å². The molecule has 0 saturated carbocycles. The summed E-state index contributed by atoms with van der Waals surface area (Å²) in [6, 6.07) is 16.0. The maximum absolute atomic E-state index is 12.8. The molecule has 8 heteroatoms. The molecule has 2 aliphatic rings. The van der Waals surface area contributed by atoms with Crippen LogP contribution in [0, 0.1) is 5.92 Å². The van der Waals surface area contributed by atoms with Crippen molar-refractivity contribution in [3.05, 3.63) is 59.1 Å². The van der Waals surface area contributed by atoms with Gasteiger partial charge in [0.25, 0.3) is 0 Å². The molecule has 0 aliphatic carbocycles. The topological polar surface area (TPSA) is 73.9 Å². The molecule has 1 atom stereocenters. The molecule has 0 radical (unpaired) electrons. The Morgan fingerprint density at radius 2 is 1.64 bits per heavy atom. The third-order valence-electron chi connectivity index (χ3n) is 6.83. The van der Waals surface area contributed by atoms with Gasteiger partial charge in [-0.15, -0.1) is 0 Å². The summed E-state index contributed by atoms with van der Waals surface area (Å²) in [7, 11) is 0. The van der Waals surface area contributed by atoms with E-state index in [-0.39, 0.29) is 12.1 Å². The molecule has 7 nitrogen and oxygen atoms in total. The second-order valence-corrected chi connectivity index (χ2v) is 11.2. The number of halogens is 1. The van der Waals surface area contributed by atoms with Crippen molar-refractivity contribution in [1.29, 1.82) is 0 Å². The predicted octanol–water partition coefficient (Wildman–Crippen LogP) is 6.10. The van der Waals surface area contributed by atoms with Gasteiger partial charge in [-0.05, 0) is 93.8 Å². The van der Waals surface area contributed by atoms with E-state index >= 15 is 0 Å². The number of carbonyl (C=O) groups is 2. The molecular formula is C28H37ClN4O3. The first kappa shape index (κ1) is 26.1. The van der Waals surface area contributed by atoms with Crippen molar-refractivity contribution in [3.8, 4) is 0 Å². The lowest BCUT2D eigenvalue weighted by molar-refractivity contribution is 0.0520. The van der Waals surface area contributed by atoms with E-state index in [4.69, 9.17) is 16.3 Å². The first-order chi connectivity index (χ1) is 17.2. The van der Waals surface area contributed by atoms with Crippen LogP contribution in [0.25, 0.3) is 0 Å². The number of ether oxygens (including phenoxy) is 1. The van der Waals surface area contributed by atoms with Gasteiger partial charge in [-0.2, -0.15) is 0 Å². The zero-order valence-corrected chi connectivity index (χ0v) is 22.2. The Labute approximate surface area is 219 Å². The highest BCUT2D eigenvalue weighted by Crippen LogP contribution is 2.29. The number of amides is 3. The fourth-order valence-electron chi connectivity index (χ4n) is 4.88. The minimum absolute atomic E-state index is 0.0493. The molecule has 2 aromatic rings. The molecule has 36 heavy (non-hydrogen) atoms. The number of hydrogen-bond donors (Lipinski definition) is 2. The first-order valence-corrected chi connectivity index (χ1v) is 13.2. The summed E-state index contributed by atoms with van der Waals surface area (Å²) >= 11 is 6.00. The van der Waals surface area contributed by atoms with Crippen molar-refractivity contribution in [3.63, 3.8) is 0 Å². The number of carbonyl (C=O) groups excluding carboxylic acids is 2. The molecule has 2 fully saturated rings. The van der Waals surface area contributed by atoms with Crippen LogP contribution in [-0.2, 0) is 4.74 Å². The monoisotopic (exact) mass is 512 g/mol. The average Bonchev–Trinajstić information content (AvgIpc) is 3.32. The number of benzene rings is 2. The minimum Gasteiger partial charge on any atom is -0.444 e. The van der Waals surface area contributed by atoms with Crippen LogP contribution in [0.1, 0.15) is 51.5 Å². The summed E-state index contributed by atoms with van der Waals surface area (Å²) in [5, 5.41) is 6.68. The number of likely N-dealkylation sites (tertiary alicyclic amines) is 1. The summed E-state index contributed by atoms with van der Waals surface area (Å²) < 4.78 is 5.32. The SMILES string of the molecule is CC(C)(C)OC(=O)NCC1CCN(c2ccc(NC(=O)N3CCC(c4ccc(Cl)cc4)CC3)cc2)C1. The number of urea groups is 1. The first-order valence-electron chi connectivity index (χ1n) is 12.8. The van der Waals surface area contributed by atoms with Crippen LogP contribution in [-0.4, -0.2) is 55.3 Å². The standard InChI is InChI=1S/C28H37ClN4O3/c1-28(2,3)36-27(35)30-18-20-12-15-33(19-20)25-10-8-24(9-11-25)31-26(34)32-16-13-22(14-17-32)21-4-6-23(29)7-5-21/h4-11,20,22H,12-19H2,1-3H3,(H,30,35)(H,31,34). The molecular weight excluding hydrogens is 476 g/mol. The number of hydrogen-bond acceptors (Lipinski definition) is 4. The molecule has 0 bridgehead atoms. The Hall–Kier alpha value is -2.93. The summed E-state index contributed by atoms with van der Waals surface area (Å²) in [5.41, 5.74) is 2.72. The molecule has 0 spiro atoms. The summed E-state index contributed by atoms with van der Waals surface area (Å²) in [6.07, 6.45) is 2.55. The van der Waals surface area contributed by atoms with Gasteiger partial charge in [0.1, 0.15) is 5.60 Å². The van der Waals surface area contributed by atoms with Crippen LogP contribution in [0.4, 0.5) is 21.0 Å². The second-order valence-electron chi connectivity index (χ2n) is 10.8. The summed E-state index contributed by atoms with van der Waals surface area (Å²) in [5.74, 6) is 0.849. The van der Waals surface area contributed by atoms with E-state index in [2.05, 4.69) is 27.7 Å². The molecule has 194 valence electrons. The zero-order chi connectivity index (χ0) is 25.7. The molecule has 2 saturated heterocycles. The van der Waals surface area contributed by atoms with Crippen molar-refractivity contribution in [2.24, 2.45) is 5.92 Å². The maximum atomic E-state index is 12.8. The van der Waals surface area contributed by atoms with E-state index in [1.165, 1.54) is 5.56 Å². The number of anilines is 2. The quantitative estimate of drug-likeness (QED) is 0.507. The largest absolute Gasteiger partial charge is 0.444 e. The van der Waals surface area contributed by atoms with Crippen LogP contribution in [0.5, 0.6) is 0 Å². The third-order valence-corrected chi connectivity index (χ3v) is 7.08. The van der Waals surface area contributed by atoms with Crippen LogP contribution >= 0.6 is 11.6 Å². The Balaban J connectivity index is 1.21. The van der Waals surface area contributed by atoms with Crippen LogP contribution in [0.15, 0.2) is 48.5 Å². The molecule has 3 amide bonds. The predicted molar refractivity (Wildman–Crippen MR) is 145 cm³/mol. The van der Waals surface area contributed by atoms with Crippen molar-refractivity contribution in [2.75, 3.05) is 42.9 Å². The van der Waals surface area contributed by atoms with E-state index < -0.39 is 5.60 Å². The van der Waals surface area contributed by atoms with Gasteiger partial charge in [0, 0.05) is 49.1 Å². The molecule has 1 unspecified atom stereocenters. The number of nitrogens with zero attached hydrogens (tertiary/aromatic N) is 2. The average molecular weight is 513 g/mol. The highest BCUT2D eigenvalue weighted by molar-refractivity contribution is 6.30. The minimum atomic E-state index is -0.489. The number of alkyl carbamates (subject to hydrolysis) is 1. The smallest absolute Gasteiger partial charge is 0.407 e. The van der Waals surface area contributed by atoms with Gasteiger partial charge < -0.3 is 25.2 Å². The van der Waals surface area contributed by atoms with E-state index in [1.54, 1.807) is 0 Å². The normalized spacial score (nSPS) is 18.7. The van der Waals surface area contributed by atoms with Gasteiger partial charge in [-0.25, -0.2) is 9.59 Å². The van der Waals surface area contributed by atoms with Gasteiger partial charge in [0.05, 0.1) is 0 Å². The number of rotatable bonds is 5. The second kappa shape index (κ2) is 11.4. The fraction of sp³-hybridized carbons (Fsp3) is 0.500. The highest BCUT2D eigenvalue weighted by atomic mass is 35.5. The summed E-state index contributed by atoms with van der Waals surface area (Å²) in [4.78, 5) is 28.9. The molecule has 2 aliphatic heterocycles. The fourth-order valence-corrected chi connectivity index (χ4v) is 5.01. The molecule has 4 rings (SSSR count). The van der Waals surface area contributed by atoms with Crippen LogP contribution < -0.4 is 15.5 Å². The van der Waals surface area contributed by atoms with Crippen molar-refractivity contribution in [1.82, 2.24) is 10.2 Å². The lowest BCUT2D eigenvalue weighted by Gasteiger charge is -2.32. The maximum Gasteiger partial charge on any atom is 0.407 e. The van der Waals surface area contributed by atoms with Gasteiger partial charge in [0.2, 0.25) is 0 Å².